The molecule has 3 heterocycles. The second kappa shape index (κ2) is 15.1. The SMILES string of the molecule is CC(C)(C)OC(=O)C1(O/N=C(\C(=O)NC2SC3CC(=O)N3C=C2CBr)c2csc(NC(c3ccccc3)(c3ccccc3)c3ccccc3)n2)CCC1. The standard InChI is InChI=1S/C40H40BrN5O5S2/c1-38(2,3)50-36(49)39(20-13-21-39)51-45-33(34(48)43-35-26(23-41)24-46-31(47)22-32(46)53-35)30-25-52-37(42-30)44-40(27-14-7-4-8-15-27,28-16-9-5-10-17-28)29-18-11-6-12-19-29/h4-12,14-19,24-25,32,35H,13,20-23H2,1-3H3,(H,42,44)(H,43,48)/b45-33-. The third kappa shape index (κ3) is 7.52. The maximum absolute atomic E-state index is 14.3. The van der Waals surface area contributed by atoms with Crippen LogP contribution in [0.5, 0.6) is 0 Å². The summed E-state index contributed by atoms with van der Waals surface area (Å²) in [5.74, 6) is -0.986. The van der Waals surface area contributed by atoms with Gasteiger partial charge in [-0.25, -0.2) is 9.78 Å². The Hall–Kier alpha value is -4.46. The van der Waals surface area contributed by atoms with Crippen molar-refractivity contribution in [3.05, 3.63) is 131 Å². The molecule has 2 atom stereocenters. The lowest BCUT2D eigenvalue weighted by Crippen LogP contribution is -2.54. The van der Waals surface area contributed by atoms with Crippen LogP contribution >= 0.6 is 39.0 Å². The Morgan fingerprint density at radius 1 is 0.962 bits per heavy atom. The van der Waals surface area contributed by atoms with Gasteiger partial charge >= 0.3 is 5.97 Å². The highest BCUT2D eigenvalue weighted by molar-refractivity contribution is 9.09. The first-order valence-electron chi connectivity index (χ1n) is 17.5. The molecule has 4 aromatic rings. The normalized spacial score (nSPS) is 19.5. The van der Waals surface area contributed by atoms with Gasteiger partial charge < -0.3 is 25.1 Å². The fourth-order valence-electron chi connectivity index (χ4n) is 6.50. The number of oxime groups is 1. The van der Waals surface area contributed by atoms with Crippen molar-refractivity contribution in [1.82, 2.24) is 15.2 Å². The van der Waals surface area contributed by atoms with Crippen LogP contribution in [0.1, 0.15) is 68.8 Å². The number of carbonyl (C=O) groups excluding carboxylic acids is 3. The topological polar surface area (TPSA) is 122 Å². The van der Waals surface area contributed by atoms with Gasteiger partial charge in [0.1, 0.15) is 22.2 Å². The number of hydrogen-bond acceptors (Lipinski definition) is 10. The number of nitrogens with one attached hydrogen (secondary N) is 2. The van der Waals surface area contributed by atoms with E-state index < -0.39 is 34.0 Å². The summed E-state index contributed by atoms with van der Waals surface area (Å²) in [6.45, 7) is 5.41. The molecule has 3 aromatic carbocycles. The lowest BCUT2D eigenvalue weighted by molar-refractivity contribution is -0.196. The molecule has 2 amide bonds. The number of amides is 2. The van der Waals surface area contributed by atoms with Crippen LogP contribution in [-0.2, 0) is 29.5 Å². The van der Waals surface area contributed by atoms with Crippen molar-refractivity contribution in [3.63, 3.8) is 0 Å². The van der Waals surface area contributed by atoms with Gasteiger partial charge in [0.15, 0.2) is 10.8 Å². The lowest BCUT2D eigenvalue weighted by Gasteiger charge is -2.44. The van der Waals surface area contributed by atoms with Crippen molar-refractivity contribution in [2.75, 3.05) is 10.6 Å². The van der Waals surface area contributed by atoms with Crippen LogP contribution in [0, 0.1) is 0 Å². The molecule has 1 aromatic heterocycles. The number of fused-ring (bicyclic) bond motifs is 1. The minimum absolute atomic E-state index is 0.0504. The second-order valence-corrected chi connectivity index (χ2v) is 16.9. The van der Waals surface area contributed by atoms with Crippen molar-refractivity contribution in [3.8, 4) is 0 Å². The third-order valence-corrected chi connectivity index (χ3v) is 12.2. The number of benzene rings is 3. The van der Waals surface area contributed by atoms with Gasteiger partial charge in [0, 0.05) is 29.8 Å². The minimum Gasteiger partial charge on any atom is -0.457 e. The van der Waals surface area contributed by atoms with Crippen LogP contribution in [0.2, 0.25) is 0 Å². The van der Waals surface area contributed by atoms with Gasteiger partial charge in [-0.05, 0) is 49.5 Å². The van der Waals surface area contributed by atoms with Gasteiger partial charge in [-0.2, -0.15) is 0 Å². The maximum atomic E-state index is 14.3. The Bertz CT molecular complexity index is 1930. The van der Waals surface area contributed by atoms with E-state index in [1.165, 1.54) is 23.1 Å². The molecule has 0 bridgehead atoms. The lowest BCUT2D eigenvalue weighted by atomic mass is 9.77. The van der Waals surface area contributed by atoms with E-state index in [2.05, 4.69) is 68.1 Å². The number of aromatic nitrogens is 1. The van der Waals surface area contributed by atoms with E-state index in [9.17, 15) is 14.4 Å². The molecule has 53 heavy (non-hydrogen) atoms. The molecule has 2 aliphatic heterocycles. The number of thioether (sulfide) groups is 1. The summed E-state index contributed by atoms with van der Waals surface area (Å²) in [7, 11) is 0. The van der Waals surface area contributed by atoms with E-state index in [0.717, 1.165) is 28.7 Å². The zero-order valence-electron chi connectivity index (χ0n) is 29.6. The summed E-state index contributed by atoms with van der Waals surface area (Å²) in [5, 5.41) is 13.5. The van der Waals surface area contributed by atoms with Crippen molar-refractivity contribution in [2.24, 2.45) is 5.16 Å². The molecule has 2 fully saturated rings. The van der Waals surface area contributed by atoms with Crippen molar-refractivity contribution in [1.29, 1.82) is 0 Å². The first kappa shape index (κ1) is 36.9. The average Bonchev–Trinajstić information content (AvgIpc) is 3.59. The third-order valence-electron chi connectivity index (χ3n) is 9.42. The summed E-state index contributed by atoms with van der Waals surface area (Å²) in [6.07, 6.45) is 3.79. The quantitative estimate of drug-likeness (QED) is 0.0376. The number of hydrogen-bond donors (Lipinski definition) is 2. The largest absolute Gasteiger partial charge is 0.457 e. The van der Waals surface area contributed by atoms with Crippen LogP contribution in [-0.4, -0.2) is 60.7 Å². The predicted octanol–water partition coefficient (Wildman–Crippen LogP) is 7.56. The van der Waals surface area contributed by atoms with E-state index in [-0.39, 0.29) is 22.7 Å². The van der Waals surface area contributed by atoms with Gasteiger partial charge in [-0.15, -0.1) is 23.1 Å². The van der Waals surface area contributed by atoms with E-state index in [0.29, 0.717) is 29.7 Å². The second-order valence-electron chi connectivity index (χ2n) is 14.2. The van der Waals surface area contributed by atoms with Gasteiger partial charge in [0.05, 0.1) is 11.8 Å². The highest BCUT2D eigenvalue weighted by Crippen LogP contribution is 2.42. The maximum Gasteiger partial charge on any atom is 0.353 e. The Morgan fingerprint density at radius 2 is 1.55 bits per heavy atom. The smallest absolute Gasteiger partial charge is 0.353 e. The van der Waals surface area contributed by atoms with Crippen LogP contribution < -0.4 is 10.6 Å². The number of rotatable bonds is 12. The number of esters is 1. The van der Waals surface area contributed by atoms with Gasteiger partial charge in [-0.1, -0.05) is 112 Å². The van der Waals surface area contributed by atoms with Gasteiger partial charge in [-0.3, -0.25) is 9.59 Å². The molecule has 274 valence electrons. The fourth-order valence-corrected chi connectivity index (χ4v) is 9.29. The van der Waals surface area contributed by atoms with Crippen LogP contribution in [0.25, 0.3) is 0 Å². The van der Waals surface area contributed by atoms with Crippen molar-refractivity contribution < 1.29 is 24.0 Å². The number of nitrogens with zero attached hydrogens (tertiary/aromatic N) is 3. The first-order chi connectivity index (χ1) is 25.5. The Morgan fingerprint density at radius 3 is 2.04 bits per heavy atom. The number of thiazole rings is 1. The number of carbonyl (C=O) groups is 3. The molecule has 1 saturated carbocycles. The summed E-state index contributed by atoms with van der Waals surface area (Å²) in [4.78, 5) is 52.5. The Kier molecular flexibility index (Phi) is 10.5. The molecular weight excluding hydrogens is 775 g/mol. The van der Waals surface area contributed by atoms with E-state index in [1.54, 1.807) is 37.3 Å². The Balaban J connectivity index is 1.26. The van der Waals surface area contributed by atoms with Crippen molar-refractivity contribution in [2.45, 2.75) is 73.9 Å². The van der Waals surface area contributed by atoms with Crippen LogP contribution in [0.15, 0.2) is 113 Å². The highest BCUT2D eigenvalue weighted by atomic mass is 79.9. The van der Waals surface area contributed by atoms with E-state index in [1.807, 2.05) is 54.6 Å². The van der Waals surface area contributed by atoms with E-state index >= 15 is 0 Å². The van der Waals surface area contributed by atoms with Crippen LogP contribution in [0.4, 0.5) is 5.13 Å². The molecule has 3 aliphatic rings. The molecule has 1 aliphatic carbocycles. The minimum atomic E-state index is -1.30. The number of alkyl halides is 1. The Labute approximate surface area is 325 Å². The molecule has 0 spiro atoms. The van der Waals surface area contributed by atoms with Gasteiger partial charge in [0.25, 0.3) is 5.91 Å². The molecule has 10 nitrogen and oxygen atoms in total. The summed E-state index contributed by atoms with van der Waals surface area (Å²) in [5.41, 5.74) is 1.17. The molecule has 7 rings (SSSR count). The summed E-state index contributed by atoms with van der Waals surface area (Å²) < 4.78 is 5.71. The summed E-state index contributed by atoms with van der Waals surface area (Å²) >= 11 is 6.35. The number of halogens is 1. The summed E-state index contributed by atoms with van der Waals surface area (Å²) in [6, 6.07) is 30.5. The zero-order chi connectivity index (χ0) is 37.2. The van der Waals surface area contributed by atoms with E-state index in [4.69, 9.17) is 14.6 Å². The van der Waals surface area contributed by atoms with Crippen molar-refractivity contribution >= 4 is 67.7 Å². The molecule has 13 heteroatoms. The number of β-lactam (4-membered cyclic amide) rings is 1. The average molecular weight is 815 g/mol. The van der Waals surface area contributed by atoms with Gasteiger partial charge in [0.2, 0.25) is 11.5 Å². The molecule has 0 radical (unpaired) electrons. The first-order valence-corrected chi connectivity index (χ1v) is 20.4. The number of ether oxygens (including phenoxy) is 1. The monoisotopic (exact) mass is 813 g/mol. The fraction of sp³-hybridized carbons (Fsp3) is 0.325. The van der Waals surface area contributed by atoms with Crippen LogP contribution in [0.3, 0.4) is 0 Å². The zero-order valence-corrected chi connectivity index (χ0v) is 32.8. The molecular formula is C40H40BrN5O5S2. The molecule has 1 saturated heterocycles. The molecule has 2 N–H and O–H groups in total. The highest BCUT2D eigenvalue weighted by Gasteiger charge is 2.51. The predicted molar refractivity (Wildman–Crippen MR) is 212 cm³/mol. The number of anilines is 1. The molecule has 2 unspecified atom stereocenters.